The summed E-state index contributed by atoms with van der Waals surface area (Å²) in [5.74, 6) is 0.0739. The minimum absolute atomic E-state index is 0.0739. The number of carbonyl (C=O) groups excluding carboxylic acids is 2. The van der Waals surface area contributed by atoms with Gasteiger partial charge in [0.2, 0.25) is 5.91 Å². The van der Waals surface area contributed by atoms with Gasteiger partial charge in [0, 0.05) is 38.5 Å². The smallest absolute Gasteiger partial charge is 0.222 e. The Morgan fingerprint density at radius 2 is 2.00 bits per heavy atom. The van der Waals surface area contributed by atoms with Crippen LogP contribution in [-0.4, -0.2) is 35.8 Å². The molecule has 0 spiro atoms. The Kier molecular flexibility index (Phi) is 3.69. The second-order valence-corrected chi connectivity index (χ2v) is 4.85. The Bertz CT molecular complexity index is 626. The molecule has 0 aliphatic rings. The molecule has 0 aliphatic carbocycles. The highest BCUT2D eigenvalue weighted by Gasteiger charge is 2.15. The molecule has 0 N–H and O–H groups in total. The topological polar surface area (TPSA) is 42.3 Å². The van der Waals surface area contributed by atoms with Crippen LogP contribution in [0.15, 0.2) is 24.3 Å². The minimum atomic E-state index is 0.0739. The van der Waals surface area contributed by atoms with E-state index in [1.165, 1.54) is 0 Å². The molecule has 2 aromatic rings. The number of carbonyl (C=O) groups is 2. The van der Waals surface area contributed by atoms with E-state index in [4.69, 9.17) is 0 Å². The number of aromatic nitrogens is 1. The summed E-state index contributed by atoms with van der Waals surface area (Å²) in [7, 11) is 5.36. The van der Waals surface area contributed by atoms with Crippen LogP contribution >= 0.6 is 0 Å². The molecule has 0 fully saturated rings. The van der Waals surface area contributed by atoms with E-state index in [0.717, 1.165) is 22.8 Å². The normalized spacial score (nSPS) is 10.7. The third-order valence-electron chi connectivity index (χ3n) is 3.46. The highest BCUT2D eigenvalue weighted by Crippen LogP contribution is 2.25. The molecule has 0 saturated heterocycles. The highest BCUT2D eigenvalue weighted by molar-refractivity contribution is 5.93. The number of aryl methyl sites for hydroxylation is 2. The van der Waals surface area contributed by atoms with Gasteiger partial charge in [0.1, 0.15) is 0 Å². The Balaban J connectivity index is 2.41. The van der Waals surface area contributed by atoms with E-state index in [0.29, 0.717) is 18.5 Å². The first-order valence-electron chi connectivity index (χ1n) is 6.28. The van der Waals surface area contributed by atoms with Crippen LogP contribution in [0.1, 0.15) is 22.5 Å². The van der Waals surface area contributed by atoms with Crippen LogP contribution in [0.2, 0.25) is 0 Å². The fourth-order valence-electron chi connectivity index (χ4n) is 2.36. The van der Waals surface area contributed by atoms with Gasteiger partial charge in [0.25, 0.3) is 0 Å². The van der Waals surface area contributed by atoms with E-state index in [2.05, 4.69) is 0 Å². The van der Waals surface area contributed by atoms with Gasteiger partial charge in [-0.3, -0.25) is 9.59 Å². The Morgan fingerprint density at radius 3 is 2.63 bits per heavy atom. The van der Waals surface area contributed by atoms with Gasteiger partial charge in [-0.15, -0.1) is 0 Å². The maximum Gasteiger partial charge on any atom is 0.222 e. The van der Waals surface area contributed by atoms with Gasteiger partial charge in [-0.1, -0.05) is 18.2 Å². The standard InChI is InChI=1S/C15H18N2O2/c1-16(2)15(19)9-8-12-11-6-4-5-7-13(11)17(3)14(12)10-18/h4-7,10H,8-9H2,1-3H3. The zero-order valence-electron chi connectivity index (χ0n) is 11.5. The number of benzene rings is 1. The first-order chi connectivity index (χ1) is 9.06. The summed E-state index contributed by atoms with van der Waals surface area (Å²) in [5.41, 5.74) is 2.65. The summed E-state index contributed by atoms with van der Waals surface area (Å²) in [6.45, 7) is 0. The largest absolute Gasteiger partial charge is 0.349 e. The van der Waals surface area contributed by atoms with Gasteiger partial charge in [-0.25, -0.2) is 0 Å². The average molecular weight is 258 g/mol. The molecular formula is C15H18N2O2. The van der Waals surface area contributed by atoms with Crippen molar-refractivity contribution in [1.82, 2.24) is 9.47 Å². The van der Waals surface area contributed by atoms with Crippen molar-refractivity contribution in [3.05, 3.63) is 35.5 Å². The number of nitrogens with zero attached hydrogens (tertiary/aromatic N) is 2. The fourth-order valence-corrected chi connectivity index (χ4v) is 2.36. The summed E-state index contributed by atoms with van der Waals surface area (Å²) < 4.78 is 1.89. The number of amides is 1. The SMILES string of the molecule is CN(C)C(=O)CCc1c(C=O)n(C)c2ccccc12. The van der Waals surface area contributed by atoms with E-state index >= 15 is 0 Å². The molecule has 0 aliphatic heterocycles. The summed E-state index contributed by atoms with van der Waals surface area (Å²) in [6.07, 6.45) is 1.88. The van der Waals surface area contributed by atoms with Crippen LogP contribution in [0.5, 0.6) is 0 Å². The molecule has 0 radical (unpaired) electrons. The molecule has 1 heterocycles. The first-order valence-corrected chi connectivity index (χ1v) is 6.28. The van der Waals surface area contributed by atoms with Crippen LogP contribution in [0, 0.1) is 0 Å². The molecule has 19 heavy (non-hydrogen) atoms. The van der Waals surface area contributed by atoms with Crippen LogP contribution in [0.4, 0.5) is 0 Å². The van der Waals surface area contributed by atoms with Crippen LogP contribution < -0.4 is 0 Å². The van der Waals surface area contributed by atoms with Crippen molar-refractivity contribution >= 4 is 23.1 Å². The summed E-state index contributed by atoms with van der Waals surface area (Å²) in [6, 6.07) is 7.89. The first kappa shape index (κ1) is 13.3. The quantitative estimate of drug-likeness (QED) is 0.787. The number of hydrogen-bond donors (Lipinski definition) is 0. The van der Waals surface area contributed by atoms with Crippen LogP contribution in [0.25, 0.3) is 10.9 Å². The zero-order chi connectivity index (χ0) is 14.0. The third-order valence-corrected chi connectivity index (χ3v) is 3.46. The minimum Gasteiger partial charge on any atom is -0.349 e. The second-order valence-electron chi connectivity index (χ2n) is 4.85. The Morgan fingerprint density at radius 1 is 1.32 bits per heavy atom. The summed E-state index contributed by atoms with van der Waals surface area (Å²) in [5, 5.41) is 1.05. The molecule has 2 rings (SSSR count). The molecule has 4 heteroatoms. The number of hydrogen-bond acceptors (Lipinski definition) is 2. The predicted molar refractivity (Wildman–Crippen MR) is 75.3 cm³/mol. The number of fused-ring (bicyclic) bond motifs is 1. The molecule has 0 saturated carbocycles. The number of aldehydes is 1. The molecule has 1 aromatic carbocycles. The monoisotopic (exact) mass is 258 g/mol. The van der Waals surface area contributed by atoms with Crippen molar-refractivity contribution in [2.75, 3.05) is 14.1 Å². The third kappa shape index (κ3) is 2.38. The molecule has 0 bridgehead atoms. The van der Waals surface area contributed by atoms with Gasteiger partial charge in [0.15, 0.2) is 6.29 Å². The molecule has 0 unspecified atom stereocenters. The molecule has 4 nitrogen and oxygen atoms in total. The molecule has 1 aromatic heterocycles. The zero-order valence-corrected chi connectivity index (χ0v) is 11.5. The number of rotatable bonds is 4. The van der Waals surface area contributed by atoms with Crippen molar-refractivity contribution in [2.45, 2.75) is 12.8 Å². The predicted octanol–water partition coefficient (Wildman–Crippen LogP) is 2.01. The summed E-state index contributed by atoms with van der Waals surface area (Å²) >= 11 is 0. The lowest BCUT2D eigenvalue weighted by atomic mass is 10.1. The number of para-hydroxylation sites is 1. The lowest BCUT2D eigenvalue weighted by Gasteiger charge is -2.09. The lowest BCUT2D eigenvalue weighted by molar-refractivity contribution is -0.128. The fraction of sp³-hybridized carbons (Fsp3) is 0.333. The van der Waals surface area contributed by atoms with E-state index < -0.39 is 0 Å². The van der Waals surface area contributed by atoms with Crippen molar-refractivity contribution in [1.29, 1.82) is 0 Å². The van der Waals surface area contributed by atoms with Crippen LogP contribution in [0.3, 0.4) is 0 Å². The van der Waals surface area contributed by atoms with E-state index in [1.807, 2.05) is 35.9 Å². The van der Waals surface area contributed by atoms with Gasteiger partial charge in [-0.05, 0) is 18.1 Å². The van der Waals surface area contributed by atoms with E-state index in [-0.39, 0.29) is 5.91 Å². The average Bonchev–Trinajstić information content (AvgIpc) is 2.68. The van der Waals surface area contributed by atoms with E-state index in [1.54, 1.807) is 19.0 Å². The van der Waals surface area contributed by atoms with Gasteiger partial charge >= 0.3 is 0 Å². The molecular weight excluding hydrogens is 240 g/mol. The molecule has 0 atom stereocenters. The second kappa shape index (κ2) is 5.26. The Labute approximate surface area is 112 Å². The molecule has 1 amide bonds. The Hall–Kier alpha value is -2.10. The summed E-state index contributed by atoms with van der Waals surface area (Å²) in [4.78, 5) is 24.5. The lowest BCUT2D eigenvalue weighted by Crippen LogP contribution is -2.21. The van der Waals surface area contributed by atoms with Crippen molar-refractivity contribution in [2.24, 2.45) is 7.05 Å². The maximum absolute atomic E-state index is 11.7. The van der Waals surface area contributed by atoms with Crippen molar-refractivity contribution in [3.63, 3.8) is 0 Å². The van der Waals surface area contributed by atoms with Crippen molar-refractivity contribution in [3.8, 4) is 0 Å². The highest BCUT2D eigenvalue weighted by atomic mass is 16.2. The van der Waals surface area contributed by atoms with Crippen molar-refractivity contribution < 1.29 is 9.59 Å². The van der Waals surface area contributed by atoms with Gasteiger partial charge in [0.05, 0.1) is 5.69 Å². The van der Waals surface area contributed by atoms with Gasteiger partial charge < -0.3 is 9.47 Å². The maximum atomic E-state index is 11.7. The molecule has 100 valence electrons. The van der Waals surface area contributed by atoms with E-state index in [9.17, 15) is 9.59 Å². The van der Waals surface area contributed by atoms with Gasteiger partial charge in [-0.2, -0.15) is 0 Å². The van der Waals surface area contributed by atoms with Crippen LogP contribution in [-0.2, 0) is 18.3 Å².